The van der Waals surface area contributed by atoms with Crippen LogP contribution in [-0.4, -0.2) is 56.5 Å². The van der Waals surface area contributed by atoms with E-state index in [2.05, 4.69) is 4.98 Å². The molecule has 3 fully saturated rings. The lowest BCUT2D eigenvalue weighted by atomic mass is 9.44. The van der Waals surface area contributed by atoms with Gasteiger partial charge < -0.3 is 9.84 Å². The number of alkyl halides is 3. The lowest BCUT2D eigenvalue weighted by Crippen LogP contribution is -2.70. The number of aryl methyl sites for hydroxylation is 1. The van der Waals surface area contributed by atoms with Gasteiger partial charge in [-0.1, -0.05) is 19.9 Å². The van der Waals surface area contributed by atoms with Crippen molar-refractivity contribution in [1.82, 2.24) is 4.98 Å². The molecule has 38 heavy (non-hydrogen) atoms. The Bertz CT molecular complexity index is 1270. The topological polar surface area (TPSA) is 93.6 Å². The second kappa shape index (κ2) is 9.02. The third kappa shape index (κ3) is 3.36. The zero-order chi connectivity index (χ0) is 27.8. The number of rotatable bonds is 4. The number of fused-ring (bicyclic) bond motifs is 5. The molecule has 0 aromatic carbocycles. The van der Waals surface area contributed by atoms with E-state index >= 15 is 8.78 Å². The van der Waals surface area contributed by atoms with Crippen molar-refractivity contribution in [2.45, 2.75) is 70.5 Å². The highest BCUT2D eigenvalue weighted by Gasteiger charge is 2.78. The molecule has 0 saturated heterocycles. The van der Waals surface area contributed by atoms with Crippen molar-refractivity contribution in [3.05, 3.63) is 39.9 Å². The Balaban J connectivity index is 1.64. The zero-order valence-corrected chi connectivity index (χ0v) is 23.1. The molecule has 2 unspecified atom stereocenters. The third-order valence-electron chi connectivity index (χ3n) is 9.84. The Morgan fingerprint density at radius 3 is 2.63 bits per heavy atom. The van der Waals surface area contributed by atoms with Crippen LogP contribution < -0.4 is 0 Å². The highest BCUT2D eigenvalue weighted by molar-refractivity contribution is 8.13. The Hall–Kier alpha value is -1.98. The highest BCUT2D eigenvalue weighted by Crippen LogP contribution is 2.72. The third-order valence-corrected chi connectivity index (χ3v) is 11.4. The second-order valence-corrected chi connectivity index (χ2v) is 13.2. The number of hydrogen-bond donors (Lipinski definition) is 1. The van der Waals surface area contributed by atoms with Gasteiger partial charge in [-0.15, -0.1) is 11.3 Å². The van der Waals surface area contributed by atoms with E-state index in [0.717, 1.165) is 17.4 Å². The molecule has 6 nitrogen and oxygen atoms in total. The fourth-order valence-electron chi connectivity index (χ4n) is 8.06. The number of aliphatic hydroxyl groups excluding tert-OH is 1. The first-order chi connectivity index (χ1) is 17.8. The van der Waals surface area contributed by atoms with Crippen LogP contribution in [0.1, 0.15) is 55.4 Å². The number of esters is 1. The minimum atomic E-state index is -2.34. The number of ether oxygens (including phenoxy) is 1. The molecular formula is C27H30F3NO5S2. The molecule has 5 rings (SSSR count). The fourth-order valence-corrected chi connectivity index (χ4v) is 9.53. The van der Waals surface area contributed by atoms with Gasteiger partial charge in [-0.05, 0) is 68.5 Å². The molecule has 9 atom stereocenters. The smallest absolute Gasteiger partial charge is 0.351 e. The minimum absolute atomic E-state index is 0.000119. The molecule has 1 aromatic rings. The average Bonchev–Trinajstić information content (AvgIpc) is 3.37. The van der Waals surface area contributed by atoms with Crippen molar-refractivity contribution >= 4 is 40.0 Å². The predicted octanol–water partition coefficient (Wildman–Crippen LogP) is 5.10. The summed E-state index contributed by atoms with van der Waals surface area (Å²) in [4.78, 5) is 43.3. The van der Waals surface area contributed by atoms with Crippen molar-refractivity contribution in [3.8, 4) is 0 Å². The van der Waals surface area contributed by atoms with Crippen molar-refractivity contribution in [1.29, 1.82) is 0 Å². The van der Waals surface area contributed by atoms with Gasteiger partial charge in [0.25, 0.3) is 0 Å². The van der Waals surface area contributed by atoms with Crippen molar-refractivity contribution in [3.63, 3.8) is 0 Å². The lowest BCUT2D eigenvalue weighted by Gasteiger charge is -2.63. The van der Waals surface area contributed by atoms with E-state index < -0.39 is 75.0 Å². The summed E-state index contributed by atoms with van der Waals surface area (Å²) in [6.45, 7) is 6.48. The van der Waals surface area contributed by atoms with Gasteiger partial charge in [-0.2, -0.15) is 0 Å². The van der Waals surface area contributed by atoms with Crippen LogP contribution in [-0.2, 0) is 14.3 Å². The molecule has 3 saturated carbocycles. The number of hydrogen-bond acceptors (Lipinski definition) is 8. The number of ketones is 1. The van der Waals surface area contributed by atoms with Gasteiger partial charge in [0, 0.05) is 22.7 Å². The minimum Gasteiger partial charge on any atom is -0.445 e. The summed E-state index contributed by atoms with van der Waals surface area (Å²) in [5, 5.41) is 10.8. The van der Waals surface area contributed by atoms with Crippen LogP contribution in [0, 0.1) is 35.5 Å². The van der Waals surface area contributed by atoms with Gasteiger partial charge in [0.15, 0.2) is 17.1 Å². The van der Waals surface area contributed by atoms with E-state index in [0.29, 0.717) is 17.5 Å². The summed E-state index contributed by atoms with van der Waals surface area (Å²) < 4.78 is 52.7. The van der Waals surface area contributed by atoms with Crippen LogP contribution in [0.3, 0.4) is 0 Å². The number of nitrogens with zero attached hydrogens (tertiary/aromatic N) is 1. The molecule has 11 heteroatoms. The Kier molecular flexibility index (Phi) is 6.55. The van der Waals surface area contributed by atoms with E-state index in [1.807, 2.05) is 0 Å². The largest absolute Gasteiger partial charge is 0.445 e. The number of allylic oxidation sites excluding steroid dienone is 4. The first-order valence-electron chi connectivity index (χ1n) is 12.6. The SMILES string of the molecule is Cc1ncsc1C(=O)O[C@]1(C(=O)SCF)[C@H](C)CC2C3C[C@H](F)C4=CC(=O)C=C[C@]4(C)[C@@]3(F)[C@@H](O)C[C@@]21C. The molecule has 0 bridgehead atoms. The molecule has 0 amide bonds. The molecule has 0 spiro atoms. The van der Waals surface area contributed by atoms with Crippen molar-refractivity contribution in [2.75, 3.05) is 6.01 Å². The van der Waals surface area contributed by atoms with Crippen LogP contribution >= 0.6 is 23.1 Å². The molecule has 1 N–H and O–H groups in total. The monoisotopic (exact) mass is 569 g/mol. The summed E-state index contributed by atoms with van der Waals surface area (Å²) in [7, 11) is 0. The number of carbonyl (C=O) groups is 3. The second-order valence-electron chi connectivity index (χ2n) is 11.4. The fraction of sp³-hybridized carbons (Fsp3) is 0.630. The molecule has 206 valence electrons. The highest BCUT2D eigenvalue weighted by atomic mass is 32.2. The predicted molar refractivity (Wildman–Crippen MR) is 137 cm³/mol. The number of aromatic nitrogens is 1. The lowest BCUT2D eigenvalue weighted by molar-refractivity contribution is -0.221. The normalized spacial score (nSPS) is 43.6. The summed E-state index contributed by atoms with van der Waals surface area (Å²) in [5.74, 6) is -3.63. The summed E-state index contributed by atoms with van der Waals surface area (Å²) in [5.41, 5.74) is -5.23. The number of carbonyl (C=O) groups excluding carboxylic acids is 3. The molecule has 0 aliphatic heterocycles. The Morgan fingerprint density at radius 2 is 2.00 bits per heavy atom. The van der Waals surface area contributed by atoms with E-state index in [1.165, 1.54) is 24.6 Å². The molecular weight excluding hydrogens is 539 g/mol. The Labute approximate surface area is 227 Å². The summed E-state index contributed by atoms with van der Waals surface area (Å²) in [6, 6.07) is -1.05. The van der Waals surface area contributed by atoms with E-state index in [9.17, 15) is 23.9 Å². The number of halogens is 3. The van der Waals surface area contributed by atoms with Crippen LogP contribution in [0.15, 0.2) is 29.3 Å². The van der Waals surface area contributed by atoms with Gasteiger partial charge in [0.2, 0.25) is 5.12 Å². The van der Waals surface area contributed by atoms with Gasteiger partial charge in [-0.25, -0.2) is 22.9 Å². The van der Waals surface area contributed by atoms with E-state index in [-0.39, 0.29) is 29.7 Å². The quantitative estimate of drug-likeness (QED) is 0.505. The standard InChI is InChI=1S/C27H30F3NO5S2/c1-13-7-16-17-9-19(29)18-8-15(32)5-6-24(18,3)26(17,30)20(33)10-25(16,4)27(13,23(35)37-11-28)36-22(34)21-14(2)31-12-38-21/h5-6,8,12-13,16-17,19-20,33H,7,9-11H2,1-4H3/t13-,16?,17?,19+,20+,24+,25+,26+,27+/m1/s1. The van der Waals surface area contributed by atoms with Crippen molar-refractivity contribution < 1.29 is 37.4 Å². The number of thiazole rings is 1. The van der Waals surface area contributed by atoms with Gasteiger partial charge in [0.1, 0.15) is 17.1 Å². The number of thioether (sulfide) groups is 1. The van der Waals surface area contributed by atoms with Gasteiger partial charge in [-0.3, -0.25) is 9.59 Å². The zero-order valence-electron chi connectivity index (χ0n) is 21.5. The summed E-state index contributed by atoms with van der Waals surface area (Å²) in [6.07, 6.45) is -0.0246. The molecule has 1 heterocycles. The first kappa shape index (κ1) is 27.6. The van der Waals surface area contributed by atoms with Gasteiger partial charge in [0.05, 0.1) is 17.3 Å². The number of aliphatic hydroxyl groups is 1. The van der Waals surface area contributed by atoms with Crippen LogP contribution in [0.2, 0.25) is 0 Å². The molecule has 4 aliphatic rings. The maximum absolute atomic E-state index is 17.4. The molecule has 4 aliphatic carbocycles. The summed E-state index contributed by atoms with van der Waals surface area (Å²) >= 11 is 1.42. The first-order valence-corrected chi connectivity index (χ1v) is 14.5. The van der Waals surface area contributed by atoms with E-state index in [4.69, 9.17) is 4.74 Å². The maximum atomic E-state index is 17.4. The van der Waals surface area contributed by atoms with Crippen LogP contribution in [0.25, 0.3) is 0 Å². The molecule has 1 aromatic heterocycles. The Morgan fingerprint density at radius 1 is 1.29 bits per heavy atom. The molecule has 0 radical (unpaired) electrons. The average molecular weight is 570 g/mol. The van der Waals surface area contributed by atoms with Crippen molar-refractivity contribution in [2.24, 2.45) is 28.6 Å². The van der Waals surface area contributed by atoms with Crippen LogP contribution in [0.4, 0.5) is 13.2 Å². The van der Waals surface area contributed by atoms with Gasteiger partial charge >= 0.3 is 5.97 Å². The van der Waals surface area contributed by atoms with Crippen LogP contribution in [0.5, 0.6) is 0 Å². The van der Waals surface area contributed by atoms with E-state index in [1.54, 1.807) is 20.8 Å². The maximum Gasteiger partial charge on any atom is 0.351 e.